The van der Waals surface area contributed by atoms with Gasteiger partial charge in [-0.25, -0.2) is 9.78 Å². The second kappa shape index (κ2) is 7.73. The molecule has 2 aromatic heterocycles. The number of aliphatic carboxylic acids is 1. The number of hydrogen-bond donors (Lipinski definition) is 2. The van der Waals surface area contributed by atoms with Gasteiger partial charge < -0.3 is 14.8 Å². The smallest absolute Gasteiger partial charge is 0.326 e. The molecule has 0 aliphatic heterocycles. The predicted molar refractivity (Wildman–Crippen MR) is 87.3 cm³/mol. The Hall–Kier alpha value is -2.41. The van der Waals surface area contributed by atoms with E-state index in [1.807, 2.05) is 17.5 Å². The molecule has 0 saturated heterocycles. The number of nitrogens with zero attached hydrogens (tertiary/aromatic N) is 1. The predicted octanol–water partition coefficient (Wildman–Crippen LogP) is 2.79. The summed E-state index contributed by atoms with van der Waals surface area (Å²) < 4.78 is 5.57. The minimum Gasteiger partial charge on any atom is -0.480 e. The van der Waals surface area contributed by atoms with E-state index in [-0.39, 0.29) is 12.8 Å². The van der Waals surface area contributed by atoms with Crippen molar-refractivity contribution in [1.82, 2.24) is 10.3 Å². The van der Waals surface area contributed by atoms with E-state index in [0.717, 1.165) is 4.88 Å². The monoisotopic (exact) mass is 334 g/mol. The number of aryl methyl sites for hydroxylation is 1. The van der Waals surface area contributed by atoms with E-state index in [4.69, 9.17) is 9.52 Å². The SMILES string of the molecule is C/C=C/CC(NC(=O)Cc1nc(-c2cccs2)oc1C)C(=O)O. The van der Waals surface area contributed by atoms with Crippen LogP contribution in [-0.4, -0.2) is 28.0 Å². The van der Waals surface area contributed by atoms with E-state index in [0.29, 0.717) is 17.3 Å². The first-order chi connectivity index (χ1) is 11.0. The van der Waals surface area contributed by atoms with Crippen LogP contribution in [0.15, 0.2) is 34.1 Å². The van der Waals surface area contributed by atoms with Gasteiger partial charge in [-0.3, -0.25) is 4.79 Å². The fourth-order valence-corrected chi connectivity index (χ4v) is 2.64. The molecule has 2 aromatic rings. The van der Waals surface area contributed by atoms with Gasteiger partial charge in [0.25, 0.3) is 0 Å². The lowest BCUT2D eigenvalue weighted by Crippen LogP contribution is -2.41. The van der Waals surface area contributed by atoms with Crippen LogP contribution < -0.4 is 5.32 Å². The number of nitrogens with one attached hydrogen (secondary N) is 1. The first-order valence-electron chi connectivity index (χ1n) is 7.14. The lowest BCUT2D eigenvalue weighted by Gasteiger charge is -2.12. The van der Waals surface area contributed by atoms with Crippen molar-refractivity contribution in [3.8, 4) is 10.8 Å². The van der Waals surface area contributed by atoms with Crippen LogP contribution in [0.4, 0.5) is 0 Å². The van der Waals surface area contributed by atoms with Crippen LogP contribution in [-0.2, 0) is 16.0 Å². The Morgan fingerprint density at radius 1 is 1.52 bits per heavy atom. The number of oxazole rings is 1. The Balaban J connectivity index is 2.03. The number of rotatable bonds is 7. The third-order valence-corrected chi connectivity index (χ3v) is 4.05. The molecule has 6 nitrogen and oxygen atoms in total. The summed E-state index contributed by atoms with van der Waals surface area (Å²) in [6.07, 6.45) is 3.68. The molecule has 2 N–H and O–H groups in total. The van der Waals surface area contributed by atoms with E-state index in [1.165, 1.54) is 11.3 Å². The minimum atomic E-state index is -1.06. The molecule has 0 bridgehead atoms. The number of allylic oxidation sites excluding steroid dienone is 1. The summed E-state index contributed by atoms with van der Waals surface area (Å²) in [5.74, 6) is -0.420. The Morgan fingerprint density at radius 3 is 2.91 bits per heavy atom. The Kier molecular flexibility index (Phi) is 5.70. The van der Waals surface area contributed by atoms with E-state index in [1.54, 1.807) is 26.0 Å². The normalized spacial score (nSPS) is 12.4. The molecule has 0 aliphatic carbocycles. The molecule has 0 radical (unpaired) electrons. The van der Waals surface area contributed by atoms with Crippen LogP contribution in [0, 0.1) is 6.92 Å². The molecule has 2 rings (SSSR count). The van der Waals surface area contributed by atoms with Gasteiger partial charge in [0.1, 0.15) is 11.8 Å². The molecule has 0 fully saturated rings. The second-order valence-corrected chi connectivity index (χ2v) is 5.89. The summed E-state index contributed by atoms with van der Waals surface area (Å²) in [4.78, 5) is 28.4. The molecule has 7 heteroatoms. The average molecular weight is 334 g/mol. The number of aromatic nitrogens is 1. The molecule has 23 heavy (non-hydrogen) atoms. The number of thiophene rings is 1. The van der Waals surface area contributed by atoms with Crippen molar-refractivity contribution in [1.29, 1.82) is 0 Å². The zero-order valence-corrected chi connectivity index (χ0v) is 13.7. The number of carbonyl (C=O) groups is 2. The lowest BCUT2D eigenvalue weighted by molar-refractivity contribution is -0.141. The van der Waals surface area contributed by atoms with Crippen LogP contribution in [0.2, 0.25) is 0 Å². The molecule has 0 aliphatic rings. The van der Waals surface area contributed by atoms with E-state index >= 15 is 0 Å². The molecule has 1 atom stereocenters. The number of carboxylic acids is 1. The van der Waals surface area contributed by atoms with E-state index in [9.17, 15) is 9.59 Å². The molecule has 0 spiro atoms. The van der Waals surface area contributed by atoms with Gasteiger partial charge in [0.15, 0.2) is 0 Å². The first kappa shape index (κ1) is 17.0. The van der Waals surface area contributed by atoms with Gasteiger partial charge >= 0.3 is 5.97 Å². The van der Waals surface area contributed by atoms with Gasteiger partial charge in [-0.15, -0.1) is 11.3 Å². The van der Waals surface area contributed by atoms with Crippen LogP contribution in [0.5, 0.6) is 0 Å². The van der Waals surface area contributed by atoms with Gasteiger partial charge in [-0.05, 0) is 31.7 Å². The molecular formula is C16H18N2O4S. The van der Waals surface area contributed by atoms with Crippen molar-refractivity contribution in [2.75, 3.05) is 0 Å². The maximum absolute atomic E-state index is 12.1. The Labute approximate surface area is 137 Å². The Morgan fingerprint density at radius 2 is 2.30 bits per heavy atom. The highest BCUT2D eigenvalue weighted by Gasteiger charge is 2.21. The van der Waals surface area contributed by atoms with Crippen LogP contribution in [0.1, 0.15) is 24.8 Å². The minimum absolute atomic E-state index is 0.0136. The van der Waals surface area contributed by atoms with Crippen molar-refractivity contribution in [3.63, 3.8) is 0 Å². The fourth-order valence-electron chi connectivity index (χ4n) is 1.99. The molecular weight excluding hydrogens is 316 g/mol. The molecule has 0 aromatic carbocycles. The van der Waals surface area contributed by atoms with Crippen molar-refractivity contribution in [2.24, 2.45) is 0 Å². The summed E-state index contributed by atoms with van der Waals surface area (Å²) in [5, 5.41) is 13.5. The zero-order chi connectivity index (χ0) is 16.8. The molecule has 0 saturated carbocycles. The van der Waals surface area contributed by atoms with Crippen molar-refractivity contribution in [2.45, 2.75) is 32.7 Å². The van der Waals surface area contributed by atoms with E-state index < -0.39 is 17.9 Å². The summed E-state index contributed by atoms with van der Waals surface area (Å²) in [7, 11) is 0. The van der Waals surface area contributed by atoms with Gasteiger partial charge in [-0.2, -0.15) is 0 Å². The molecule has 2 heterocycles. The zero-order valence-electron chi connectivity index (χ0n) is 12.9. The largest absolute Gasteiger partial charge is 0.480 e. The molecule has 1 amide bonds. The summed E-state index contributed by atoms with van der Waals surface area (Å²) in [6, 6.07) is 2.84. The summed E-state index contributed by atoms with van der Waals surface area (Å²) in [6.45, 7) is 3.53. The molecule has 1 unspecified atom stereocenters. The summed E-state index contributed by atoms with van der Waals surface area (Å²) in [5.41, 5.74) is 0.515. The van der Waals surface area contributed by atoms with Gasteiger partial charge in [0, 0.05) is 0 Å². The van der Waals surface area contributed by atoms with E-state index in [2.05, 4.69) is 10.3 Å². The number of amides is 1. The number of carbonyl (C=O) groups excluding carboxylic acids is 1. The third-order valence-electron chi connectivity index (χ3n) is 3.19. The van der Waals surface area contributed by atoms with Gasteiger partial charge in [-0.1, -0.05) is 18.2 Å². The van der Waals surface area contributed by atoms with Crippen molar-refractivity contribution >= 4 is 23.2 Å². The Bertz CT molecular complexity index is 704. The first-order valence-corrected chi connectivity index (χ1v) is 8.02. The maximum atomic E-state index is 12.1. The quantitative estimate of drug-likeness (QED) is 0.760. The topological polar surface area (TPSA) is 92.4 Å². The standard InChI is InChI=1S/C16H18N2O4S/c1-3-4-6-11(16(20)21)17-14(19)9-12-10(2)22-15(18-12)13-7-5-8-23-13/h3-5,7-8,11H,6,9H2,1-2H3,(H,17,19)(H,20,21)/b4-3+. The highest BCUT2D eigenvalue weighted by Crippen LogP contribution is 2.26. The lowest BCUT2D eigenvalue weighted by atomic mass is 10.2. The van der Waals surface area contributed by atoms with Crippen LogP contribution in [0.3, 0.4) is 0 Å². The van der Waals surface area contributed by atoms with Crippen molar-refractivity contribution in [3.05, 3.63) is 41.1 Å². The van der Waals surface area contributed by atoms with Gasteiger partial charge in [0.05, 0.1) is 17.0 Å². The highest BCUT2D eigenvalue weighted by molar-refractivity contribution is 7.13. The summed E-state index contributed by atoms with van der Waals surface area (Å²) >= 11 is 1.50. The highest BCUT2D eigenvalue weighted by atomic mass is 32.1. The van der Waals surface area contributed by atoms with Gasteiger partial charge in [0.2, 0.25) is 11.8 Å². The number of carboxylic acid groups (broad SMARTS) is 1. The second-order valence-electron chi connectivity index (χ2n) is 4.94. The average Bonchev–Trinajstić information content (AvgIpc) is 3.13. The van der Waals surface area contributed by atoms with Crippen molar-refractivity contribution < 1.29 is 19.1 Å². The fraction of sp³-hybridized carbons (Fsp3) is 0.312. The number of hydrogen-bond acceptors (Lipinski definition) is 5. The van der Waals surface area contributed by atoms with Crippen LogP contribution in [0.25, 0.3) is 10.8 Å². The molecule has 122 valence electrons. The maximum Gasteiger partial charge on any atom is 0.326 e. The third kappa shape index (κ3) is 4.53. The van der Waals surface area contributed by atoms with Crippen LogP contribution >= 0.6 is 11.3 Å².